The number of sulfone groups is 1. The van der Waals surface area contributed by atoms with Gasteiger partial charge in [-0.05, 0) is 67.8 Å². The minimum Gasteiger partial charge on any atom is -0.312 e. The van der Waals surface area contributed by atoms with Crippen molar-refractivity contribution in [2.45, 2.75) is 38.1 Å². The predicted molar refractivity (Wildman–Crippen MR) is 118 cm³/mol. The summed E-state index contributed by atoms with van der Waals surface area (Å²) in [6.07, 6.45) is 1.91. The second-order valence-corrected chi connectivity index (χ2v) is 10.2. The fraction of sp³-hybridized carbons (Fsp3) is 0.273. The summed E-state index contributed by atoms with van der Waals surface area (Å²) >= 11 is 1.43. The van der Waals surface area contributed by atoms with Crippen molar-refractivity contribution < 1.29 is 17.6 Å². The molecular formula is C22H23FN2O3S2. The van der Waals surface area contributed by atoms with E-state index in [1.54, 1.807) is 6.08 Å². The molecular weight excluding hydrogens is 423 g/mol. The number of aromatic nitrogens is 1. The molecule has 3 rings (SSSR count). The van der Waals surface area contributed by atoms with Crippen LogP contribution in [0.4, 0.5) is 4.39 Å². The molecule has 1 aromatic heterocycles. The van der Waals surface area contributed by atoms with Crippen LogP contribution in [0.3, 0.4) is 0 Å². The predicted octanol–water partition coefficient (Wildman–Crippen LogP) is 4.33. The molecule has 0 N–H and O–H groups in total. The Balaban J connectivity index is 1.77. The number of amides is 1. The Kier molecular flexibility index (Phi) is 6.67. The number of allylic oxidation sites excluding steroid dienone is 1. The van der Waals surface area contributed by atoms with Crippen molar-refractivity contribution in [2.24, 2.45) is 4.99 Å². The van der Waals surface area contributed by atoms with Gasteiger partial charge in [0, 0.05) is 13.0 Å². The van der Waals surface area contributed by atoms with Crippen molar-refractivity contribution in [3.63, 3.8) is 0 Å². The Labute approximate surface area is 179 Å². The molecule has 1 heterocycles. The van der Waals surface area contributed by atoms with Crippen LogP contribution in [-0.2, 0) is 21.2 Å². The normalized spacial score (nSPS) is 12.4. The molecule has 0 aliphatic rings. The summed E-state index contributed by atoms with van der Waals surface area (Å²) in [6.45, 7) is 8.38. The molecule has 3 aromatic rings. The standard InChI is InChI=1S/C22H23FN2O3S2/c1-4-11-25-19-13-15(2)16(3)14-20(19)29-22(25)24-21(26)6-5-12-30(27,28)18-9-7-17(23)8-10-18/h4,7-10,13-14H,1,5-6,11-12H2,2-3H3. The minimum atomic E-state index is -3.57. The largest absolute Gasteiger partial charge is 0.312 e. The molecule has 1 amide bonds. The number of aryl methyl sites for hydroxylation is 2. The number of hydrogen-bond donors (Lipinski definition) is 0. The smallest absolute Gasteiger partial charge is 0.248 e. The lowest BCUT2D eigenvalue weighted by Gasteiger charge is -2.04. The molecule has 0 bridgehead atoms. The molecule has 0 unspecified atom stereocenters. The Morgan fingerprint density at radius 1 is 1.20 bits per heavy atom. The highest BCUT2D eigenvalue weighted by atomic mass is 32.2. The first-order valence-electron chi connectivity index (χ1n) is 9.48. The first-order chi connectivity index (χ1) is 14.2. The lowest BCUT2D eigenvalue weighted by Crippen LogP contribution is -2.16. The van der Waals surface area contributed by atoms with Crippen LogP contribution in [-0.4, -0.2) is 24.6 Å². The quantitative estimate of drug-likeness (QED) is 0.401. The van der Waals surface area contributed by atoms with Crippen LogP contribution in [0.15, 0.2) is 58.9 Å². The summed E-state index contributed by atoms with van der Waals surface area (Å²) in [7, 11) is -3.57. The summed E-state index contributed by atoms with van der Waals surface area (Å²) < 4.78 is 40.6. The van der Waals surface area contributed by atoms with E-state index in [1.165, 1.54) is 29.0 Å². The molecule has 0 radical (unpaired) electrons. The molecule has 0 spiro atoms. The van der Waals surface area contributed by atoms with Gasteiger partial charge in [-0.1, -0.05) is 17.4 Å². The van der Waals surface area contributed by atoms with Crippen LogP contribution in [0.2, 0.25) is 0 Å². The van der Waals surface area contributed by atoms with Crippen molar-refractivity contribution in [1.82, 2.24) is 4.57 Å². The lowest BCUT2D eigenvalue weighted by atomic mass is 10.1. The number of benzene rings is 2. The van der Waals surface area contributed by atoms with Crippen molar-refractivity contribution in [3.8, 4) is 0 Å². The maximum Gasteiger partial charge on any atom is 0.248 e. The van der Waals surface area contributed by atoms with Gasteiger partial charge in [0.2, 0.25) is 5.91 Å². The average molecular weight is 447 g/mol. The summed E-state index contributed by atoms with van der Waals surface area (Å²) in [6, 6.07) is 8.83. The van der Waals surface area contributed by atoms with Gasteiger partial charge in [-0.3, -0.25) is 4.79 Å². The molecule has 0 aliphatic carbocycles. The van der Waals surface area contributed by atoms with Gasteiger partial charge in [0.05, 0.1) is 20.9 Å². The van der Waals surface area contributed by atoms with E-state index in [1.807, 2.05) is 18.4 Å². The van der Waals surface area contributed by atoms with Gasteiger partial charge in [-0.2, -0.15) is 4.99 Å². The van der Waals surface area contributed by atoms with Gasteiger partial charge in [-0.15, -0.1) is 6.58 Å². The molecule has 0 saturated carbocycles. The molecule has 0 aliphatic heterocycles. The third-order valence-electron chi connectivity index (χ3n) is 4.81. The van der Waals surface area contributed by atoms with Crippen molar-refractivity contribution >= 4 is 37.3 Å². The molecule has 0 saturated heterocycles. The van der Waals surface area contributed by atoms with Gasteiger partial charge in [0.1, 0.15) is 5.82 Å². The van der Waals surface area contributed by atoms with Crippen LogP contribution in [0, 0.1) is 19.7 Å². The highest BCUT2D eigenvalue weighted by molar-refractivity contribution is 7.91. The molecule has 158 valence electrons. The molecule has 5 nitrogen and oxygen atoms in total. The van der Waals surface area contributed by atoms with Gasteiger partial charge in [-0.25, -0.2) is 12.8 Å². The zero-order valence-corrected chi connectivity index (χ0v) is 18.5. The van der Waals surface area contributed by atoms with Crippen LogP contribution in [0.25, 0.3) is 10.2 Å². The highest BCUT2D eigenvalue weighted by Gasteiger charge is 2.15. The molecule has 8 heteroatoms. The van der Waals surface area contributed by atoms with Crippen molar-refractivity contribution in [3.05, 3.63) is 70.8 Å². The summed E-state index contributed by atoms with van der Waals surface area (Å²) in [5.74, 6) is -1.07. The van der Waals surface area contributed by atoms with E-state index in [0.29, 0.717) is 11.3 Å². The minimum absolute atomic E-state index is 0.0147. The first-order valence-corrected chi connectivity index (χ1v) is 12.0. The van der Waals surface area contributed by atoms with Crippen LogP contribution >= 0.6 is 11.3 Å². The number of rotatable bonds is 7. The monoisotopic (exact) mass is 446 g/mol. The third-order valence-corrected chi connectivity index (χ3v) is 7.66. The molecule has 30 heavy (non-hydrogen) atoms. The summed E-state index contributed by atoms with van der Waals surface area (Å²) in [5.41, 5.74) is 3.31. The number of halogens is 1. The summed E-state index contributed by atoms with van der Waals surface area (Å²) in [5, 5.41) is 0. The third kappa shape index (κ3) is 4.94. The Morgan fingerprint density at radius 2 is 1.87 bits per heavy atom. The lowest BCUT2D eigenvalue weighted by molar-refractivity contribution is -0.118. The maximum absolute atomic E-state index is 13.0. The number of fused-ring (bicyclic) bond motifs is 1. The fourth-order valence-corrected chi connectivity index (χ4v) is 5.50. The van der Waals surface area contributed by atoms with E-state index in [0.717, 1.165) is 27.9 Å². The molecule has 2 aromatic carbocycles. The molecule has 0 fully saturated rings. The van der Waals surface area contributed by atoms with Crippen molar-refractivity contribution in [2.75, 3.05) is 5.75 Å². The van der Waals surface area contributed by atoms with E-state index in [2.05, 4.69) is 23.7 Å². The van der Waals surface area contributed by atoms with Crippen LogP contribution in [0.1, 0.15) is 24.0 Å². The number of thiazole rings is 1. The van der Waals surface area contributed by atoms with E-state index in [9.17, 15) is 17.6 Å². The van der Waals surface area contributed by atoms with Gasteiger partial charge < -0.3 is 4.57 Å². The average Bonchev–Trinajstić information content (AvgIpc) is 2.99. The number of carbonyl (C=O) groups excluding carboxylic acids is 1. The fourth-order valence-electron chi connectivity index (χ4n) is 3.05. The Hall–Kier alpha value is -2.58. The molecule has 0 atom stereocenters. The van der Waals surface area contributed by atoms with E-state index in [-0.39, 0.29) is 29.4 Å². The number of hydrogen-bond acceptors (Lipinski definition) is 4. The number of carbonyl (C=O) groups is 1. The van der Waals surface area contributed by atoms with E-state index in [4.69, 9.17) is 0 Å². The zero-order chi connectivity index (χ0) is 21.9. The van der Waals surface area contributed by atoms with Crippen LogP contribution < -0.4 is 4.80 Å². The SMILES string of the molecule is C=CCn1c(=NC(=O)CCCS(=O)(=O)c2ccc(F)cc2)sc2cc(C)c(C)cc21. The van der Waals surface area contributed by atoms with E-state index >= 15 is 0 Å². The first kappa shape index (κ1) is 22.1. The van der Waals surface area contributed by atoms with Crippen LogP contribution in [0.5, 0.6) is 0 Å². The zero-order valence-electron chi connectivity index (χ0n) is 16.9. The highest BCUT2D eigenvalue weighted by Crippen LogP contribution is 2.22. The van der Waals surface area contributed by atoms with Gasteiger partial charge in [0.25, 0.3) is 0 Å². The second-order valence-electron chi connectivity index (χ2n) is 7.07. The van der Waals surface area contributed by atoms with E-state index < -0.39 is 15.7 Å². The van der Waals surface area contributed by atoms with Gasteiger partial charge in [0.15, 0.2) is 14.6 Å². The summed E-state index contributed by atoms with van der Waals surface area (Å²) in [4.78, 5) is 17.3. The van der Waals surface area contributed by atoms with Gasteiger partial charge >= 0.3 is 0 Å². The Bertz CT molecular complexity index is 1270. The van der Waals surface area contributed by atoms with Crippen molar-refractivity contribution in [1.29, 1.82) is 0 Å². The topological polar surface area (TPSA) is 68.5 Å². The second kappa shape index (κ2) is 9.06. The maximum atomic E-state index is 13.0. The Morgan fingerprint density at radius 3 is 2.53 bits per heavy atom. The number of nitrogens with zero attached hydrogens (tertiary/aromatic N) is 2.